The summed E-state index contributed by atoms with van der Waals surface area (Å²) in [7, 11) is 0. The van der Waals surface area contributed by atoms with Gasteiger partial charge in [-0.3, -0.25) is 4.79 Å². The smallest absolute Gasteiger partial charge is 0.225 e. The molecule has 3 aliphatic heterocycles. The van der Waals surface area contributed by atoms with Crippen LogP contribution in [0.5, 0.6) is 0 Å². The molecule has 4 heteroatoms. The van der Waals surface area contributed by atoms with Crippen LogP contribution < -0.4 is 5.32 Å². The monoisotopic (exact) mass is 327 g/mol. The van der Waals surface area contributed by atoms with Crippen molar-refractivity contribution in [2.24, 2.45) is 0 Å². The normalized spacial score (nSPS) is 24.6. The lowest BCUT2D eigenvalue weighted by molar-refractivity contribution is -0.124. The first-order chi connectivity index (χ1) is 11.8. The van der Waals surface area contributed by atoms with Crippen molar-refractivity contribution >= 4 is 5.91 Å². The number of carbonyl (C=O) groups excluding carboxylic acids is 1. The van der Waals surface area contributed by atoms with E-state index in [-0.39, 0.29) is 11.4 Å². The predicted molar refractivity (Wildman–Crippen MR) is 95.9 cm³/mol. The second-order valence-corrected chi connectivity index (χ2v) is 7.71. The summed E-state index contributed by atoms with van der Waals surface area (Å²) in [6.07, 6.45) is 6.75. The molecule has 130 valence electrons. The van der Waals surface area contributed by atoms with Crippen LogP contribution in [0.3, 0.4) is 0 Å². The Morgan fingerprint density at radius 1 is 0.917 bits per heavy atom. The van der Waals surface area contributed by atoms with Gasteiger partial charge >= 0.3 is 0 Å². The average molecular weight is 327 g/mol. The molecule has 1 aromatic carbocycles. The molecule has 0 aliphatic carbocycles. The van der Waals surface area contributed by atoms with Crippen LogP contribution in [0.15, 0.2) is 24.3 Å². The summed E-state index contributed by atoms with van der Waals surface area (Å²) >= 11 is 0. The van der Waals surface area contributed by atoms with E-state index in [0.717, 1.165) is 25.9 Å². The van der Waals surface area contributed by atoms with Crippen LogP contribution in [0.2, 0.25) is 0 Å². The number of amides is 1. The Kier molecular flexibility index (Phi) is 4.59. The first-order valence-electron chi connectivity index (χ1n) is 9.59. The quantitative estimate of drug-likeness (QED) is 0.924. The fraction of sp³-hybridized carbons (Fsp3) is 0.650. The maximum Gasteiger partial charge on any atom is 0.225 e. The standard InChI is InChI=1S/C20H29N3O/c24-19-16-17-6-2-3-7-18(17)20(21-19)8-12-23(13-9-20)15-14-22-10-4-1-5-11-22/h2-3,6-7H,1,4-5,8-16H2,(H,21,24). The molecule has 3 aliphatic rings. The highest BCUT2D eigenvalue weighted by Gasteiger charge is 2.41. The molecule has 24 heavy (non-hydrogen) atoms. The van der Waals surface area contributed by atoms with E-state index >= 15 is 0 Å². The fourth-order valence-corrected chi connectivity index (χ4v) is 4.71. The summed E-state index contributed by atoms with van der Waals surface area (Å²) in [5.41, 5.74) is 2.47. The largest absolute Gasteiger partial charge is 0.346 e. The summed E-state index contributed by atoms with van der Waals surface area (Å²) < 4.78 is 0. The van der Waals surface area contributed by atoms with Gasteiger partial charge in [0.15, 0.2) is 0 Å². The number of hydrogen-bond donors (Lipinski definition) is 1. The zero-order valence-electron chi connectivity index (χ0n) is 14.6. The van der Waals surface area contributed by atoms with Crippen molar-refractivity contribution < 1.29 is 4.79 Å². The maximum atomic E-state index is 12.2. The highest BCUT2D eigenvalue weighted by atomic mass is 16.1. The van der Waals surface area contributed by atoms with Crippen LogP contribution in [0.25, 0.3) is 0 Å². The Hall–Kier alpha value is -1.39. The number of nitrogens with zero attached hydrogens (tertiary/aromatic N) is 2. The summed E-state index contributed by atoms with van der Waals surface area (Å²) in [5, 5.41) is 3.34. The van der Waals surface area contributed by atoms with Crippen LogP contribution in [-0.2, 0) is 16.8 Å². The summed E-state index contributed by atoms with van der Waals surface area (Å²) in [5.74, 6) is 0.190. The molecule has 1 amide bonds. The minimum atomic E-state index is -0.118. The molecular weight excluding hydrogens is 298 g/mol. The third-order valence-electron chi connectivity index (χ3n) is 6.15. The molecule has 4 rings (SSSR count). The molecule has 0 aromatic heterocycles. The molecule has 1 N–H and O–H groups in total. The number of fused-ring (bicyclic) bond motifs is 2. The van der Waals surface area contributed by atoms with Gasteiger partial charge in [-0.05, 0) is 49.9 Å². The van der Waals surface area contributed by atoms with E-state index in [1.54, 1.807) is 0 Å². The Morgan fingerprint density at radius 2 is 1.58 bits per heavy atom. The second kappa shape index (κ2) is 6.85. The van der Waals surface area contributed by atoms with Gasteiger partial charge < -0.3 is 15.1 Å². The highest BCUT2D eigenvalue weighted by Crippen LogP contribution is 2.37. The molecule has 0 bridgehead atoms. The van der Waals surface area contributed by atoms with Crippen molar-refractivity contribution in [2.45, 2.75) is 44.1 Å². The van der Waals surface area contributed by atoms with Gasteiger partial charge in [0.2, 0.25) is 5.91 Å². The summed E-state index contributed by atoms with van der Waals surface area (Å²) in [6.45, 7) is 7.11. The third-order valence-corrected chi connectivity index (χ3v) is 6.15. The van der Waals surface area contributed by atoms with E-state index < -0.39 is 0 Å². The Bertz CT molecular complexity index is 586. The number of hydrogen-bond acceptors (Lipinski definition) is 3. The van der Waals surface area contributed by atoms with E-state index in [1.165, 1.54) is 56.6 Å². The van der Waals surface area contributed by atoms with Crippen molar-refractivity contribution in [1.82, 2.24) is 15.1 Å². The van der Waals surface area contributed by atoms with Crippen molar-refractivity contribution in [3.05, 3.63) is 35.4 Å². The fourth-order valence-electron chi connectivity index (χ4n) is 4.71. The van der Waals surface area contributed by atoms with Gasteiger partial charge in [0.1, 0.15) is 0 Å². The van der Waals surface area contributed by atoms with Crippen molar-refractivity contribution in [3.63, 3.8) is 0 Å². The number of rotatable bonds is 3. The van der Waals surface area contributed by atoms with Crippen molar-refractivity contribution in [2.75, 3.05) is 39.3 Å². The molecule has 1 spiro atoms. The minimum absolute atomic E-state index is 0.118. The lowest BCUT2D eigenvalue weighted by atomic mass is 9.75. The first-order valence-corrected chi connectivity index (χ1v) is 9.59. The van der Waals surface area contributed by atoms with Crippen LogP contribution in [0.1, 0.15) is 43.2 Å². The molecule has 0 unspecified atom stereocenters. The second-order valence-electron chi connectivity index (χ2n) is 7.71. The van der Waals surface area contributed by atoms with Crippen LogP contribution in [0, 0.1) is 0 Å². The zero-order chi connectivity index (χ0) is 16.4. The van der Waals surface area contributed by atoms with Crippen molar-refractivity contribution in [1.29, 1.82) is 0 Å². The van der Waals surface area contributed by atoms with Crippen molar-refractivity contribution in [3.8, 4) is 0 Å². The van der Waals surface area contributed by atoms with Crippen LogP contribution >= 0.6 is 0 Å². The Labute approximate surface area is 145 Å². The van der Waals surface area contributed by atoms with E-state index in [4.69, 9.17) is 0 Å². The lowest BCUT2D eigenvalue weighted by Gasteiger charge is -2.46. The Morgan fingerprint density at radius 3 is 2.33 bits per heavy atom. The highest BCUT2D eigenvalue weighted by molar-refractivity contribution is 5.82. The van der Waals surface area contributed by atoms with E-state index in [1.807, 2.05) is 0 Å². The molecule has 4 nitrogen and oxygen atoms in total. The number of nitrogens with one attached hydrogen (secondary N) is 1. The predicted octanol–water partition coefficient (Wildman–Crippen LogP) is 2.14. The number of likely N-dealkylation sites (tertiary alicyclic amines) is 2. The van der Waals surface area contributed by atoms with Gasteiger partial charge in [0.05, 0.1) is 12.0 Å². The molecule has 3 heterocycles. The summed E-state index contributed by atoms with van der Waals surface area (Å²) in [6, 6.07) is 8.51. The third kappa shape index (κ3) is 3.22. The van der Waals surface area contributed by atoms with Crippen LogP contribution in [-0.4, -0.2) is 55.0 Å². The van der Waals surface area contributed by atoms with Gasteiger partial charge in [-0.15, -0.1) is 0 Å². The van der Waals surface area contributed by atoms with Gasteiger partial charge in [0, 0.05) is 26.2 Å². The van der Waals surface area contributed by atoms with Gasteiger partial charge in [-0.1, -0.05) is 30.7 Å². The average Bonchev–Trinajstić information content (AvgIpc) is 2.62. The van der Waals surface area contributed by atoms with E-state index in [9.17, 15) is 4.79 Å². The molecule has 2 fully saturated rings. The maximum absolute atomic E-state index is 12.2. The minimum Gasteiger partial charge on any atom is -0.346 e. The SMILES string of the molecule is O=C1Cc2ccccc2C2(CCN(CCN3CCCCC3)CC2)N1. The van der Waals surface area contributed by atoms with Gasteiger partial charge in [-0.2, -0.15) is 0 Å². The molecule has 1 aromatic rings. The number of piperidine rings is 2. The molecule has 0 saturated carbocycles. The first kappa shape index (κ1) is 16.1. The van der Waals surface area contributed by atoms with E-state index in [2.05, 4.69) is 39.4 Å². The molecule has 0 radical (unpaired) electrons. The lowest BCUT2D eigenvalue weighted by Crippen LogP contribution is -2.56. The van der Waals surface area contributed by atoms with Gasteiger partial charge in [-0.25, -0.2) is 0 Å². The molecule has 2 saturated heterocycles. The number of benzene rings is 1. The molecular formula is C20H29N3O. The molecule has 0 atom stereocenters. The topological polar surface area (TPSA) is 35.6 Å². The number of carbonyl (C=O) groups is 1. The van der Waals surface area contributed by atoms with E-state index in [0.29, 0.717) is 6.42 Å². The van der Waals surface area contributed by atoms with Gasteiger partial charge in [0.25, 0.3) is 0 Å². The summed E-state index contributed by atoms with van der Waals surface area (Å²) in [4.78, 5) is 17.4. The zero-order valence-corrected chi connectivity index (χ0v) is 14.6. The van der Waals surface area contributed by atoms with Crippen LogP contribution in [0.4, 0.5) is 0 Å². The Balaban J connectivity index is 1.38.